The summed E-state index contributed by atoms with van der Waals surface area (Å²) in [6.07, 6.45) is 3.37. The van der Waals surface area contributed by atoms with Gasteiger partial charge >= 0.3 is 0 Å². The molecular formula is C8H10N4. The number of hydrazine groups is 1. The largest absolute Gasteiger partial charge is 0.274 e. The van der Waals surface area contributed by atoms with Crippen molar-refractivity contribution in [2.24, 2.45) is 11.7 Å². The van der Waals surface area contributed by atoms with Gasteiger partial charge in [0.1, 0.15) is 6.33 Å². The molecule has 1 heterocycles. The third-order valence-electron chi connectivity index (χ3n) is 1.41. The van der Waals surface area contributed by atoms with Crippen molar-refractivity contribution in [2.45, 2.75) is 0 Å². The van der Waals surface area contributed by atoms with Gasteiger partial charge in [-0.3, -0.25) is 11.7 Å². The van der Waals surface area contributed by atoms with Crippen LogP contribution >= 0.6 is 0 Å². The lowest BCUT2D eigenvalue weighted by molar-refractivity contribution is 1.22. The Labute approximate surface area is 70.2 Å². The molecule has 0 aliphatic carbocycles. The standard InChI is InChI=1S/C8H6N2.H4N2/c1-2-4-8-7(3-1)5-9-6-10-8;1-2/h1-6H;1-2H2. The number of hydrogen-bond donors (Lipinski definition) is 2. The number of benzene rings is 1. The number of nitrogens with two attached hydrogens (primary N) is 2. The van der Waals surface area contributed by atoms with Crippen LogP contribution in [0.5, 0.6) is 0 Å². The summed E-state index contributed by atoms with van der Waals surface area (Å²) in [6.45, 7) is 0. The summed E-state index contributed by atoms with van der Waals surface area (Å²) in [6, 6.07) is 7.91. The molecule has 12 heavy (non-hydrogen) atoms. The van der Waals surface area contributed by atoms with Gasteiger partial charge < -0.3 is 0 Å². The SMILES string of the molecule is NN.c1ccc2ncncc2c1. The smallest absolute Gasteiger partial charge is 0.116 e. The minimum Gasteiger partial charge on any atom is -0.274 e. The molecule has 0 aliphatic rings. The molecule has 4 nitrogen and oxygen atoms in total. The van der Waals surface area contributed by atoms with E-state index in [1.54, 1.807) is 6.33 Å². The number of aromatic nitrogens is 2. The quantitative estimate of drug-likeness (QED) is 0.435. The molecular weight excluding hydrogens is 152 g/mol. The van der Waals surface area contributed by atoms with Crippen molar-refractivity contribution in [1.29, 1.82) is 0 Å². The highest BCUT2D eigenvalue weighted by Gasteiger charge is 1.87. The first-order chi connectivity index (χ1) is 5.97. The number of para-hydroxylation sites is 1. The summed E-state index contributed by atoms with van der Waals surface area (Å²) in [5.41, 5.74) is 0.998. The van der Waals surface area contributed by atoms with Gasteiger partial charge in [0.15, 0.2) is 0 Å². The summed E-state index contributed by atoms with van der Waals surface area (Å²) >= 11 is 0. The molecule has 0 radical (unpaired) electrons. The molecule has 0 bridgehead atoms. The zero-order valence-corrected chi connectivity index (χ0v) is 6.51. The zero-order chi connectivity index (χ0) is 8.81. The lowest BCUT2D eigenvalue weighted by Gasteiger charge is -1.90. The van der Waals surface area contributed by atoms with Crippen molar-refractivity contribution in [1.82, 2.24) is 9.97 Å². The van der Waals surface area contributed by atoms with Crippen molar-refractivity contribution in [2.75, 3.05) is 0 Å². The summed E-state index contributed by atoms with van der Waals surface area (Å²) in [4.78, 5) is 7.97. The van der Waals surface area contributed by atoms with Crippen LogP contribution < -0.4 is 11.7 Å². The second-order valence-corrected chi connectivity index (χ2v) is 2.08. The van der Waals surface area contributed by atoms with Gasteiger partial charge in [-0.25, -0.2) is 9.97 Å². The fraction of sp³-hybridized carbons (Fsp3) is 0. The van der Waals surface area contributed by atoms with E-state index in [2.05, 4.69) is 21.7 Å². The predicted octanol–water partition coefficient (Wildman–Crippen LogP) is 0.449. The molecule has 2 rings (SSSR count). The van der Waals surface area contributed by atoms with Crippen LogP contribution in [0.1, 0.15) is 0 Å². The van der Waals surface area contributed by atoms with Crippen LogP contribution in [-0.2, 0) is 0 Å². The third-order valence-corrected chi connectivity index (χ3v) is 1.41. The Morgan fingerprint density at radius 3 is 2.58 bits per heavy atom. The number of rotatable bonds is 0. The van der Waals surface area contributed by atoms with E-state index in [-0.39, 0.29) is 0 Å². The minimum atomic E-state index is 0.998. The second-order valence-electron chi connectivity index (χ2n) is 2.08. The first-order valence-corrected chi connectivity index (χ1v) is 3.45. The molecule has 0 unspecified atom stereocenters. The average Bonchev–Trinajstić information content (AvgIpc) is 2.21. The lowest BCUT2D eigenvalue weighted by Crippen LogP contribution is -2.02. The van der Waals surface area contributed by atoms with Gasteiger partial charge in [0, 0.05) is 11.6 Å². The molecule has 0 fully saturated rings. The average molecular weight is 162 g/mol. The number of hydrogen-bond acceptors (Lipinski definition) is 4. The fourth-order valence-electron chi connectivity index (χ4n) is 0.923. The Kier molecular flexibility index (Phi) is 3.13. The summed E-state index contributed by atoms with van der Waals surface area (Å²) < 4.78 is 0. The molecule has 4 N–H and O–H groups in total. The fourth-order valence-corrected chi connectivity index (χ4v) is 0.923. The van der Waals surface area contributed by atoms with Gasteiger partial charge in [0.2, 0.25) is 0 Å². The lowest BCUT2D eigenvalue weighted by atomic mass is 10.2. The minimum absolute atomic E-state index is 0.998. The highest BCUT2D eigenvalue weighted by Crippen LogP contribution is 2.06. The van der Waals surface area contributed by atoms with Crippen molar-refractivity contribution in [3.8, 4) is 0 Å². The van der Waals surface area contributed by atoms with Crippen LogP contribution in [0.25, 0.3) is 10.9 Å². The third kappa shape index (κ3) is 1.75. The van der Waals surface area contributed by atoms with E-state index in [0.717, 1.165) is 10.9 Å². The van der Waals surface area contributed by atoms with Crippen LogP contribution in [0.15, 0.2) is 36.8 Å². The van der Waals surface area contributed by atoms with Gasteiger partial charge in [-0.15, -0.1) is 0 Å². The maximum atomic E-state index is 4.07. The molecule has 4 heteroatoms. The zero-order valence-electron chi connectivity index (χ0n) is 6.51. The maximum absolute atomic E-state index is 4.07. The molecule has 1 aromatic carbocycles. The van der Waals surface area contributed by atoms with E-state index in [9.17, 15) is 0 Å². The summed E-state index contributed by atoms with van der Waals surface area (Å²) in [7, 11) is 0. The van der Waals surface area contributed by atoms with Crippen molar-refractivity contribution in [3.63, 3.8) is 0 Å². The Balaban J connectivity index is 0.000000336. The van der Waals surface area contributed by atoms with Crippen molar-refractivity contribution < 1.29 is 0 Å². The normalized spacial score (nSPS) is 8.83. The van der Waals surface area contributed by atoms with Crippen molar-refractivity contribution >= 4 is 10.9 Å². The Bertz CT molecular complexity index is 282. The first-order valence-electron chi connectivity index (χ1n) is 3.45. The molecule has 0 aliphatic heterocycles. The molecule has 0 amide bonds. The van der Waals surface area contributed by atoms with Crippen LogP contribution in [-0.4, -0.2) is 9.97 Å². The second kappa shape index (κ2) is 4.38. The predicted molar refractivity (Wildman–Crippen MR) is 47.9 cm³/mol. The van der Waals surface area contributed by atoms with E-state index in [1.165, 1.54) is 0 Å². The molecule has 2 aromatic rings. The van der Waals surface area contributed by atoms with Gasteiger partial charge in [0.05, 0.1) is 5.52 Å². The first kappa shape index (κ1) is 8.58. The molecule has 0 atom stereocenters. The number of nitrogens with zero attached hydrogens (tertiary/aromatic N) is 2. The van der Waals surface area contributed by atoms with Gasteiger partial charge in [-0.05, 0) is 6.07 Å². The van der Waals surface area contributed by atoms with Crippen LogP contribution in [0.4, 0.5) is 0 Å². The van der Waals surface area contributed by atoms with Crippen LogP contribution in [0.2, 0.25) is 0 Å². The summed E-state index contributed by atoms with van der Waals surface area (Å²) in [5, 5.41) is 1.09. The van der Waals surface area contributed by atoms with E-state index < -0.39 is 0 Å². The Morgan fingerprint density at radius 1 is 1.08 bits per heavy atom. The topological polar surface area (TPSA) is 77.8 Å². The van der Waals surface area contributed by atoms with Crippen LogP contribution in [0.3, 0.4) is 0 Å². The number of fused-ring (bicyclic) bond motifs is 1. The van der Waals surface area contributed by atoms with Gasteiger partial charge in [-0.2, -0.15) is 0 Å². The maximum Gasteiger partial charge on any atom is 0.116 e. The van der Waals surface area contributed by atoms with E-state index >= 15 is 0 Å². The Hall–Kier alpha value is -1.52. The molecule has 1 aromatic heterocycles. The van der Waals surface area contributed by atoms with Crippen molar-refractivity contribution in [3.05, 3.63) is 36.8 Å². The van der Waals surface area contributed by atoms with Gasteiger partial charge in [-0.1, -0.05) is 18.2 Å². The van der Waals surface area contributed by atoms with E-state index in [4.69, 9.17) is 0 Å². The monoisotopic (exact) mass is 162 g/mol. The highest BCUT2D eigenvalue weighted by atomic mass is 15.0. The Morgan fingerprint density at radius 2 is 1.83 bits per heavy atom. The summed E-state index contributed by atoms with van der Waals surface area (Å²) in [5.74, 6) is 8.00. The molecule has 0 saturated carbocycles. The van der Waals surface area contributed by atoms with Gasteiger partial charge in [0.25, 0.3) is 0 Å². The molecule has 0 saturated heterocycles. The van der Waals surface area contributed by atoms with Crippen LogP contribution in [0, 0.1) is 0 Å². The molecule has 0 spiro atoms. The van der Waals surface area contributed by atoms with E-state index in [1.807, 2.05) is 30.5 Å². The molecule has 62 valence electrons. The highest BCUT2D eigenvalue weighted by molar-refractivity contribution is 5.76. The van der Waals surface area contributed by atoms with E-state index in [0.29, 0.717) is 0 Å².